The predicted octanol–water partition coefficient (Wildman–Crippen LogP) is 8.40. The zero-order valence-electron chi connectivity index (χ0n) is 20.2. The van der Waals surface area contributed by atoms with Crippen molar-refractivity contribution >= 4 is 0 Å². The molecule has 150 valence electrons. The van der Waals surface area contributed by atoms with Crippen molar-refractivity contribution < 1.29 is 0 Å². The molecule has 0 atom stereocenters. The van der Waals surface area contributed by atoms with Crippen LogP contribution in [0.3, 0.4) is 0 Å². The average molecular weight is 367 g/mol. The summed E-state index contributed by atoms with van der Waals surface area (Å²) in [6.07, 6.45) is 0. The second-order valence-electron chi connectivity index (χ2n) is 9.02. The van der Waals surface area contributed by atoms with Gasteiger partial charge in [-0.05, 0) is 135 Å². The Morgan fingerprint density at radius 1 is 0.407 bits per heavy atom. The van der Waals surface area contributed by atoms with Crippen LogP contribution in [0.2, 0.25) is 0 Å². The molecule has 0 aliphatic heterocycles. The quantitative estimate of drug-likeness (QED) is 0.500. The van der Waals surface area contributed by atoms with E-state index in [2.05, 4.69) is 96.1 Å². The minimum absolute atomic E-state index is 0.632. The van der Waals surface area contributed by atoms with Crippen molar-refractivity contribution in [2.24, 2.45) is 0 Å². The van der Waals surface area contributed by atoms with Crippen LogP contribution in [0.4, 0.5) is 0 Å². The Kier molecular flexibility index (Phi) is 7.90. The highest BCUT2D eigenvalue weighted by Gasteiger charge is 2.14. The smallest absolute Gasteiger partial charge is 0.0213 e. The van der Waals surface area contributed by atoms with Crippen LogP contribution in [-0.2, 0) is 0 Å². The van der Waals surface area contributed by atoms with Crippen LogP contribution < -0.4 is 0 Å². The highest BCUT2D eigenvalue weighted by Crippen LogP contribution is 2.31. The molecule has 2 rings (SSSR count). The summed E-state index contributed by atoms with van der Waals surface area (Å²) in [5.41, 5.74) is 16.2. The molecule has 0 saturated carbocycles. The molecule has 0 bridgehead atoms. The van der Waals surface area contributed by atoms with Crippen molar-refractivity contribution in [3.63, 3.8) is 0 Å². The zero-order valence-corrected chi connectivity index (χ0v) is 20.2. The van der Waals surface area contributed by atoms with E-state index in [4.69, 9.17) is 0 Å². The minimum Gasteiger partial charge on any atom is -0.0587 e. The first-order valence-corrected chi connectivity index (χ1v) is 10.5. The van der Waals surface area contributed by atoms with Crippen LogP contribution in [-0.4, -0.2) is 0 Å². The molecular formula is C27H42. The lowest BCUT2D eigenvalue weighted by molar-refractivity contribution is 0.837. The molecule has 27 heavy (non-hydrogen) atoms. The van der Waals surface area contributed by atoms with E-state index >= 15 is 0 Å². The minimum atomic E-state index is 0.632. The van der Waals surface area contributed by atoms with Gasteiger partial charge in [-0.1, -0.05) is 33.8 Å². The van der Waals surface area contributed by atoms with Crippen molar-refractivity contribution in [3.8, 4) is 0 Å². The van der Waals surface area contributed by atoms with Crippen molar-refractivity contribution in [2.45, 2.75) is 102 Å². The van der Waals surface area contributed by atoms with Gasteiger partial charge in [0.05, 0.1) is 0 Å². The number of benzene rings is 2. The van der Waals surface area contributed by atoms with Crippen LogP contribution in [0.1, 0.15) is 101 Å². The van der Waals surface area contributed by atoms with Gasteiger partial charge in [-0.2, -0.15) is 0 Å². The number of hydrogen-bond acceptors (Lipinski definition) is 0. The maximum atomic E-state index is 2.29. The molecule has 2 aromatic carbocycles. The summed E-state index contributed by atoms with van der Waals surface area (Å²) in [5, 5.41) is 0. The van der Waals surface area contributed by atoms with Crippen LogP contribution in [0.5, 0.6) is 0 Å². The van der Waals surface area contributed by atoms with Gasteiger partial charge in [0.2, 0.25) is 0 Å². The summed E-state index contributed by atoms with van der Waals surface area (Å²) in [4.78, 5) is 0. The van der Waals surface area contributed by atoms with Gasteiger partial charge in [0.15, 0.2) is 0 Å². The standard InChI is InChI=1S/C14H22.C13H20/c1-8(2)14-12(6)10(4)9(3)11(5)13(14)7;1-8(2)13-11(5)9(3)7-10(4)12(13)6/h8H,1-7H3;7-8H,1-6H3. The van der Waals surface area contributed by atoms with Gasteiger partial charge in [0.25, 0.3) is 0 Å². The van der Waals surface area contributed by atoms with E-state index in [1.807, 2.05) is 0 Å². The molecule has 0 aromatic heterocycles. The first-order chi connectivity index (χ1) is 12.3. The molecule has 0 fully saturated rings. The van der Waals surface area contributed by atoms with Crippen LogP contribution in [0.25, 0.3) is 0 Å². The average Bonchev–Trinajstić information content (AvgIpc) is 2.57. The van der Waals surface area contributed by atoms with Gasteiger partial charge in [-0.3, -0.25) is 0 Å². The molecular weight excluding hydrogens is 324 g/mol. The monoisotopic (exact) mass is 366 g/mol. The maximum Gasteiger partial charge on any atom is -0.0213 e. The molecule has 0 aliphatic carbocycles. The summed E-state index contributed by atoms with van der Waals surface area (Å²) >= 11 is 0. The summed E-state index contributed by atoms with van der Waals surface area (Å²) < 4.78 is 0. The third-order valence-electron chi connectivity index (χ3n) is 6.64. The molecule has 0 radical (unpaired) electrons. The molecule has 0 heterocycles. The Labute approximate surface area is 169 Å². The predicted molar refractivity (Wildman–Crippen MR) is 124 cm³/mol. The first kappa shape index (κ1) is 23.5. The molecule has 0 heteroatoms. The number of rotatable bonds is 2. The zero-order chi connectivity index (χ0) is 21.2. The number of aryl methyl sites for hydroxylation is 2. The van der Waals surface area contributed by atoms with Gasteiger partial charge in [-0.15, -0.1) is 0 Å². The summed E-state index contributed by atoms with van der Waals surface area (Å²) in [6.45, 7) is 29.2. The van der Waals surface area contributed by atoms with E-state index in [0.717, 1.165) is 0 Å². The van der Waals surface area contributed by atoms with E-state index in [1.54, 1.807) is 5.56 Å². The SMILES string of the molecule is Cc1c(C)c(C)c(C(C)C)c(C)c1C.Cc1cc(C)c(C)c(C(C)C)c1C. The van der Waals surface area contributed by atoms with Crippen molar-refractivity contribution in [1.82, 2.24) is 0 Å². The van der Waals surface area contributed by atoms with Crippen molar-refractivity contribution in [3.05, 3.63) is 67.3 Å². The largest absolute Gasteiger partial charge is 0.0587 e. The molecule has 0 N–H and O–H groups in total. The topological polar surface area (TPSA) is 0 Å². The van der Waals surface area contributed by atoms with Gasteiger partial charge in [0, 0.05) is 0 Å². The van der Waals surface area contributed by atoms with E-state index in [1.165, 1.54) is 55.6 Å². The summed E-state index contributed by atoms with van der Waals surface area (Å²) in [6, 6.07) is 2.29. The Morgan fingerprint density at radius 3 is 0.963 bits per heavy atom. The summed E-state index contributed by atoms with van der Waals surface area (Å²) in [7, 11) is 0. The fourth-order valence-electron chi connectivity index (χ4n) is 4.51. The third kappa shape index (κ3) is 4.84. The number of hydrogen-bond donors (Lipinski definition) is 0. The van der Waals surface area contributed by atoms with Crippen LogP contribution in [0, 0.1) is 62.3 Å². The Morgan fingerprint density at radius 2 is 0.667 bits per heavy atom. The lowest BCUT2D eigenvalue weighted by Crippen LogP contribution is -2.04. The molecule has 0 nitrogen and oxygen atoms in total. The van der Waals surface area contributed by atoms with E-state index in [-0.39, 0.29) is 0 Å². The van der Waals surface area contributed by atoms with Crippen molar-refractivity contribution in [1.29, 1.82) is 0 Å². The summed E-state index contributed by atoms with van der Waals surface area (Å²) in [5.74, 6) is 1.27. The Balaban J connectivity index is 0.000000271. The molecule has 0 spiro atoms. The molecule has 0 amide bonds. The maximum absolute atomic E-state index is 2.29. The molecule has 0 aliphatic rings. The van der Waals surface area contributed by atoms with Crippen LogP contribution in [0.15, 0.2) is 6.07 Å². The van der Waals surface area contributed by atoms with Gasteiger partial charge >= 0.3 is 0 Å². The Hall–Kier alpha value is -1.56. The first-order valence-electron chi connectivity index (χ1n) is 10.5. The highest BCUT2D eigenvalue weighted by atomic mass is 14.2. The lowest BCUT2D eigenvalue weighted by atomic mass is 9.85. The second kappa shape index (κ2) is 9.09. The fourth-order valence-corrected chi connectivity index (χ4v) is 4.51. The lowest BCUT2D eigenvalue weighted by Gasteiger charge is -2.21. The van der Waals surface area contributed by atoms with E-state index in [0.29, 0.717) is 11.8 Å². The Bertz CT molecular complexity index is 762. The van der Waals surface area contributed by atoms with Crippen LogP contribution >= 0.6 is 0 Å². The molecule has 0 unspecified atom stereocenters. The normalized spacial score (nSPS) is 11.1. The van der Waals surface area contributed by atoms with Gasteiger partial charge in [0.1, 0.15) is 0 Å². The second-order valence-corrected chi connectivity index (χ2v) is 9.02. The third-order valence-corrected chi connectivity index (χ3v) is 6.64. The van der Waals surface area contributed by atoms with E-state index < -0.39 is 0 Å². The van der Waals surface area contributed by atoms with Gasteiger partial charge in [-0.25, -0.2) is 0 Å². The van der Waals surface area contributed by atoms with Crippen molar-refractivity contribution in [2.75, 3.05) is 0 Å². The van der Waals surface area contributed by atoms with Gasteiger partial charge < -0.3 is 0 Å². The van der Waals surface area contributed by atoms with E-state index in [9.17, 15) is 0 Å². The molecule has 0 saturated heterocycles. The highest BCUT2D eigenvalue weighted by molar-refractivity contribution is 5.50. The molecule has 2 aromatic rings. The fraction of sp³-hybridized carbons (Fsp3) is 0.556.